The van der Waals surface area contributed by atoms with E-state index >= 15 is 0 Å². The lowest BCUT2D eigenvalue weighted by Gasteiger charge is -2.29. The summed E-state index contributed by atoms with van der Waals surface area (Å²) < 4.78 is 11.9. The lowest BCUT2D eigenvalue weighted by atomic mass is 9.75. The van der Waals surface area contributed by atoms with E-state index in [2.05, 4.69) is 296 Å². The van der Waals surface area contributed by atoms with E-state index in [1.54, 1.807) is 7.11 Å². The highest BCUT2D eigenvalue weighted by Gasteiger charge is 2.30. The molecule has 2 heteroatoms. The summed E-state index contributed by atoms with van der Waals surface area (Å²) in [7, 11) is 3.58. The second kappa shape index (κ2) is 20.3. The van der Waals surface area contributed by atoms with Gasteiger partial charge in [-0.05, 0) is 282 Å². The highest BCUT2D eigenvalue weighted by Crippen LogP contribution is 2.53. The van der Waals surface area contributed by atoms with E-state index in [1.165, 1.54) is 190 Å². The predicted octanol–water partition coefficient (Wildman–Crippen LogP) is 25.0. The van der Waals surface area contributed by atoms with Gasteiger partial charge in [-0.25, -0.2) is 0 Å². The Labute approximate surface area is 542 Å². The number of ether oxygens (including phenoxy) is 2. The minimum Gasteiger partial charge on any atom is -0.497 e. The maximum atomic E-state index is 6.08. The van der Waals surface area contributed by atoms with Gasteiger partial charge in [0.15, 0.2) is 0 Å². The molecule has 0 fully saturated rings. The lowest BCUT2D eigenvalue weighted by molar-refractivity contribution is 0.0508. The Morgan fingerprint density at radius 1 is 0.355 bits per heavy atom. The molecule has 1 atom stereocenters. The first-order valence-electron chi connectivity index (χ1n) is 33.0. The zero-order valence-corrected chi connectivity index (χ0v) is 54.0. The summed E-state index contributed by atoms with van der Waals surface area (Å²) in [5, 5.41) is 30.6. The molecule has 0 amide bonds. The maximum absolute atomic E-state index is 6.08. The summed E-state index contributed by atoms with van der Waals surface area (Å²) in [6.45, 7) is 14.1. The normalized spacial score (nSPS) is 15.0. The van der Waals surface area contributed by atoms with Gasteiger partial charge in [-0.3, -0.25) is 0 Å². The van der Waals surface area contributed by atoms with Gasteiger partial charge in [-0.2, -0.15) is 0 Å². The quantitative estimate of drug-likeness (QED) is 0.106. The summed E-state index contributed by atoms with van der Waals surface area (Å²) in [6, 6.07) is 91.1. The van der Waals surface area contributed by atoms with Crippen LogP contribution in [0.4, 0.5) is 0 Å². The van der Waals surface area contributed by atoms with Gasteiger partial charge in [0.25, 0.3) is 0 Å². The number of allylic oxidation sites excluding steroid dienone is 2. The molecule has 0 saturated carbocycles. The summed E-state index contributed by atoms with van der Waals surface area (Å²) in [4.78, 5) is 0. The second-order valence-corrected chi connectivity index (χ2v) is 28.6. The topological polar surface area (TPSA) is 18.5 Å². The van der Waals surface area contributed by atoms with Gasteiger partial charge < -0.3 is 9.47 Å². The number of methoxy groups -OCH3 is 2. The standard InChI is InChI=1S/C91H70O2/c1-89(2,3)69-42-64-47-75(57-35-37-91(6,93-8)38-36-57)80-51-63-41-68(72-22-15-16-24-74(72)84(63)85-77(49-65(43-69)81(64)88(80)85)56-31-33-71(92-7)34-32-56)52-90(4,5)70-44-66-48-76(60-28-25-53-17-9-11-20-58(53)39-60)79-46-62-30-27-55-19-13-14-23-73(55)83(62)86-78(50-67(45-70)82(66)87(79)86)61-29-26-54-18-10-12-21-59(54)40-61/h9-37,39-51H,38,52H2,1-8H3. The highest BCUT2D eigenvalue weighted by molar-refractivity contribution is 6.39. The van der Waals surface area contributed by atoms with Gasteiger partial charge in [0.05, 0.1) is 12.7 Å². The molecule has 1 aliphatic rings. The van der Waals surface area contributed by atoms with E-state index in [9.17, 15) is 0 Å². The van der Waals surface area contributed by atoms with Crippen molar-refractivity contribution in [3.05, 3.63) is 277 Å². The molecular weight excluding hydrogens is 1120 g/mol. The van der Waals surface area contributed by atoms with Crippen LogP contribution < -0.4 is 4.74 Å². The van der Waals surface area contributed by atoms with Gasteiger partial charge in [-0.15, -0.1) is 0 Å². The first kappa shape index (κ1) is 55.5. The van der Waals surface area contributed by atoms with E-state index < -0.39 is 0 Å². The molecule has 446 valence electrons. The van der Waals surface area contributed by atoms with Crippen LogP contribution >= 0.6 is 0 Å². The molecule has 0 aliphatic heterocycles. The molecule has 2 nitrogen and oxygen atoms in total. The molecule has 0 radical (unpaired) electrons. The Balaban J connectivity index is 0.905. The van der Waals surface area contributed by atoms with E-state index in [1.807, 2.05) is 7.11 Å². The zero-order chi connectivity index (χ0) is 62.8. The molecular formula is C91H70O2. The SMILES string of the molecule is COc1ccc(-c2cc3cc(C(C)(C)C)cc4cc(C5=CCC(C)(OC)C=C5)c5cc6cc(CC(C)(C)c7cc8cc(-c9ccc%10ccccc%10c9)c9cc%10ccc%11ccccc%11c%10c%10c(-c%11ccc%12ccccc%12c%11)cc(c7)c8c9%10)c7ccccc7c6c2c5c43)cc1. The fourth-order valence-electron chi connectivity index (χ4n) is 16.4. The van der Waals surface area contributed by atoms with Crippen LogP contribution in [-0.2, 0) is 22.0 Å². The monoisotopic (exact) mass is 1190 g/mol. The molecule has 17 aromatic rings. The Bertz CT molecular complexity index is 6070. The highest BCUT2D eigenvalue weighted by atomic mass is 16.5. The molecule has 0 spiro atoms. The van der Waals surface area contributed by atoms with Crippen molar-refractivity contribution in [3.8, 4) is 39.1 Å². The molecule has 1 aliphatic carbocycles. The van der Waals surface area contributed by atoms with Gasteiger partial charge >= 0.3 is 0 Å². The number of hydrogen-bond acceptors (Lipinski definition) is 2. The van der Waals surface area contributed by atoms with E-state index in [0.29, 0.717) is 0 Å². The van der Waals surface area contributed by atoms with Crippen molar-refractivity contribution in [2.24, 2.45) is 0 Å². The van der Waals surface area contributed by atoms with Crippen molar-refractivity contribution >= 4 is 135 Å². The van der Waals surface area contributed by atoms with Crippen LogP contribution in [0.15, 0.2) is 255 Å². The first-order valence-corrected chi connectivity index (χ1v) is 33.0. The fraction of sp³-hybridized carbons (Fsp3) is 0.143. The van der Waals surface area contributed by atoms with Crippen LogP contribution in [-0.4, -0.2) is 19.8 Å². The van der Waals surface area contributed by atoms with Gasteiger partial charge in [0.1, 0.15) is 5.75 Å². The molecule has 1 unspecified atom stereocenters. The average Bonchev–Trinajstić information content (AvgIpc) is 0.705. The van der Waals surface area contributed by atoms with Crippen LogP contribution in [0, 0.1) is 0 Å². The fourth-order valence-corrected chi connectivity index (χ4v) is 16.4. The number of benzene rings is 17. The second-order valence-electron chi connectivity index (χ2n) is 28.6. The number of rotatable bonds is 9. The predicted molar refractivity (Wildman–Crippen MR) is 401 cm³/mol. The first-order chi connectivity index (χ1) is 45.2. The Kier molecular flexibility index (Phi) is 12.1. The molecule has 0 heterocycles. The molecule has 93 heavy (non-hydrogen) atoms. The van der Waals surface area contributed by atoms with Crippen molar-refractivity contribution in [1.82, 2.24) is 0 Å². The van der Waals surface area contributed by atoms with Crippen molar-refractivity contribution in [3.63, 3.8) is 0 Å². The molecule has 0 N–H and O–H groups in total. The average molecular weight is 1200 g/mol. The summed E-state index contributed by atoms with van der Waals surface area (Å²) in [6.07, 6.45) is 8.57. The molecule has 0 aromatic heterocycles. The van der Waals surface area contributed by atoms with Crippen molar-refractivity contribution in [2.45, 2.75) is 70.8 Å². The lowest BCUT2D eigenvalue weighted by Crippen LogP contribution is -2.24. The third-order valence-corrected chi connectivity index (χ3v) is 21.4. The molecule has 18 rings (SSSR count). The van der Waals surface area contributed by atoms with E-state index in [-0.39, 0.29) is 16.4 Å². The van der Waals surface area contributed by atoms with Crippen molar-refractivity contribution in [2.75, 3.05) is 14.2 Å². The van der Waals surface area contributed by atoms with Crippen LogP contribution in [0.5, 0.6) is 5.75 Å². The van der Waals surface area contributed by atoms with Crippen LogP contribution in [0.1, 0.15) is 70.2 Å². The van der Waals surface area contributed by atoms with Gasteiger partial charge in [0.2, 0.25) is 0 Å². The smallest absolute Gasteiger partial charge is 0.118 e. The Hall–Kier alpha value is -10.4. The van der Waals surface area contributed by atoms with Crippen LogP contribution in [0.2, 0.25) is 0 Å². The van der Waals surface area contributed by atoms with E-state index in [4.69, 9.17) is 9.47 Å². The molecule has 0 saturated heterocycles. The molecule has 17 aromatic carbocycles. The largest absolute Gasteiger partial charge is 0.497 e. The van der Waals surface area contributed by atoms with Gasteiger partial charge in [0, 0.05) is 7.11 Å². The third kappa shape index (κ3) is 8.65. The van der Waals surface area contributed by atoms with Crippen LogP contribution in [0.25, 0.3) is 168 Å². The summed E-state index contributed by atoms with van der Waals surface area (Å²) in [5.74, 6) is 0.845. The summed E-state index contributed by atoms with van der Waals surface area (Å²) in [5.41, 5.74) is 13.0. The minimum absolute atomic E-state index is 0.0620. The van der Waals surface area contributed by atoms with E-state index in [0.717, 1.165) is 18.6 Å². The maximum Gasteiger partial charge on any atom is 0.118 e. The Morgan fingerprint density at radius 2 is 0.828 bits per heavy atom. The zero-order valence-electron chi connectivity index (χ0n) is 54.0. The third-order valence-electron chi connectivity index (χ3n) is 21.4. The van der Waals surface area contributed by atoms with Crippen LogP contribution in [0.3, 0.4) is 0 Å². The van der Waals surface area contributed by atoms with Crippen molar-refractivity contribution in [1.29, 1.82) is 0 Å². The van der Waals surface area contributed by atoms with Gasteiger partial charge in [-0.1, -0.05) is 229 Å². The minimum atomic E-state index is -0.365. The van der Waals surface area contributed by atoms with Crippen molar-refractivity contribution < 1.29 is 9.47 Å². The Morgan fingerprint density at radius 3 is 1.43 bits per heavy atom. The number of fused-ring (bicyclic) bond motifs is 10. The molecule has 0 bridgehead atoms. The summed E-state index contributed by atoms with van der Waals surface area (Å²) >= 11 is 0. The number of hydrogen-bond donors (Lipinski definition) is 0.